The normalized spacial score (nSPS) is 10.1. The summed E-state index contributed by atoms with van der Waals surface area (Å²) in [5.41, 5.74) is 8.08. The molecule has 0 radical (unpaired) electrons. The number of anilines is 1. The van der Waals surface area contributed by atoms with Gasteiger partial charge in [0.2, 0.25) is 5.91 Å². The first-order valence-electron chi connectivity index (χ1n) is 6.02. The van der Waals surface area contributed by atoms with Gasteiger partial charge in [0.05, 0.1) is 6.42 Å². The molecule has 0 aromatic heterocycles. The Morgan fingerprint density at radius 1 is 1.11 bits per heavy atom. The molecule has 0 aliphatic rings. The fourth-order valence-corrected chi connectivity index (χ4v) is 1.75. The Labute approximate surface area is 111 Å². The van der Waals surface area contributed by atoms with Gasteiger partial charge in [-0.25, -0.2) is 0 Å². The highest BCUT2D eigenvalue weighted by molar-refractivity contribution is 5.78. The quantitative estimate of drug-likeness (QED) is 0.730. The molecule has 0 unspecified atom stereocenters. The smallest absolute Gasteiger partial charge is 0.224 e. The molecular weight excluding hydrogens is 240 g/mol. The molecule has 0 atom stereocenters. The summed E-state index contributed by atoms with van der Waals surface area (Å²) in [5, 5.41) is 12.1. The molecule has 4 heteroatoms. The number of rotatable bonds is 4. The van der Waals surface area contributed by atoms with Crippen LogP contribution in [-0.4, -0.2) is 11.0 Å². The van der Waals surface area contributed by atoms with E-state index in [1.807, 2.05) is 18.2 Å². The number of carbonyl (C=O) groups is 1. The second-order valence-electron chi connectivity index (χ2n) is 4.36. The highest BCUT2D eigenvalue weighted by Gasteiger charge is 2.03. The van der Waals surface area contributed by atoms with Crippen molar-refractivity contribution in [3.05, 3.63) is 59.7 Å². The number of nitrogens with one attached hydrogen (secondary N) is 1. The van der Waals surface area contributed by atoms with Crippen molar-refractivity contribution in [3.63, 3.8) is 0 Å². The minimum absolute atomic E-state index is 0.0811. The molecule has 1 amide bonds. The van der Waals surface area contributed by atoms with Gasteiger partial charge in [-0.05, 0) is 35.4 Å². The van der Waals surface area contributed by atoms with E-state index in [9.17, 15) is 9.90 Å². The molecule has 2 rings (SSSR count). The molecule has 0 bridgehead atoms. The zero-order chi connectivity index (χ0) is 13.7. The van der Waals surface area contributed by atoms with Crippen LogP contribution in [0.1, 0.15) is 11.1 Å². The van der Waals surface area contributed by atoms with E-state index in [2.05, 4.69) is 5.32 Å². The molecule has 2 aromatic rings. The molecule has 2 aromatic carbocycles. The van der Waals surface area contributed by atoms with Crippen molar-refractivity contribution in [2.45, 2.75) is 13.0 Å². The number of aromatic hydroxyl groups is 1. The van der Waals surface area contributed by atoms with Crippen molar-refractivity contribution < 1.29 is 9.90 Å². The van der Waals surface area contributed by atoms with Crippen LogP contribution >= 0.6 is 0 Å². The largest absolute Gasteiger partial charge is 0.508 e. The van der Waals surface area contributed by atoms with Crippen LogP contribution in [0.5, 0.6) is 5.75 Å². The van der Waals surface area contributed by atoms with Gasteiger partial charge < -0.3 is 16.2 Å². The number of amides is 1. The lowest BCUT2D eigenvalue weighted by Crippen LogP contribution is -2.24. The molecule has 98 valence electrons. The standard InChI is InChI=1S/C15H16N2O2/c16-13-6-4-11(5-7-13)10-17-15(19)9-12-2-1-3-14(18)8-12/h1-8,18H,9-10,16H2,(H,17,19). The SMILES string of the molecule is Nc1ccc(CNC(=O)Cc2cccc(O)c2)cc1. The van der Waals surface area contributed by atoms with Gasteiger partial charge >= 0.3 is 0 Å². The van der Waals surface area contributed by atoms with E-state index in [1.165, 1.54) is 0 Å². The van der Waals surface area contributed by atoms with Gasteiger partial charge in [0.15, 0.2) is 0 Å². The topological polar surface area (TPSA) is 75.3 Å². The summed E-state index contributed by atoms with van der Waals surface area (Å²) in [6.45, 7) is 0.470. The molecule has 4 nitrogen and oxygen atoms in total. The van der Waals surface area contributed by atoms with Gasteiger partial charge in [-0.15, -0.1) is 0 Å². The Balaban J connectivity index is 1.86. The summed E-state index contributed by atoms with van der Waals surface area (Å²) in [6, 6.07) is 14.1. The maximum absolute atomic E-state index is 11.7. The van der Waals surface area contributed by atoms with Crippen LogP contribution in [0.25, 0.3) is 0 Å². The second kappa shape index (κ2) is 5.91. The summed E-state index contributed by atoms with van der Waals surface area (Å²) >= 11 is 0. The van der Waals surface area contributed by atoms with E-state index in [4.69, 9.17) is 5.73 Å². The molecule has 19 heavy (non-hydrogen) atoms. The Hall–Kier alpha value is -2.49. The molecule has 0 saturated carbocycles. The molecule has 0 fully saturated rings. The number of hydrogen-bond acceptors (Lipinski definition) is 3. The Kier molecular flexibility index (Phi) is 4.03. The summed E-state index contributed by atoms with van der Waals surface area (Å²) < 4.78 is 0. The fraction of sp³-hybridized carbons (Fsp3) is 0.133. The van der Waals surface area contributed by atoms with Crippen LogP contribution in [0.15, 0.2) is 48.5 Å². The summed E-state index contributed by atoms with van der Waals surface area (Å²) in [5.74, 6) is 0.0891. The predicted octanol–water partition coefficient (Wildman–Crippen LogP) is 1.83. The average Bonchev–Trinajstić information content (AvgIpc) is 2.38. The number of nitrogens with two attached hydrogens (primary N) is 1. The van der Waals surface area contributed by atoms with Crippen LogP contribution < -0.4 is 11.1 Å². The van der Waals surface area contributed by atoms with Crippen molar-refractivity contribution in [1.29, 1.82) is 0 Å². The first-order valence-corrected chi connectivity index (χ1v) is 6.02. The summed E-state index contributed by atoms with van der Waals surface area (Å²) in [6.07, 6.45) is 0.253. The van der Waals surface area contributed by atoms with Gasteiger partial charge in [0, 0.05) is 12.2 Å². The number of carbonyl (C=O) groups excluding carboxylic acids is 1. The molecular formula is C15H16N2O2. The Morgan fingerprint density at radius 3 is 2.53 bits per heavy atom. The van der Waals surface area contributed by atoms with E-state index in [1.54, 1.807) is 30.3 Å². The number of phenolic OH excluding ortho intramolecular Hbond substituents is 1. The zero-order valence-electron chi connectivity index (χ0n) is 10.5. The minimum atomic E-state index is -0.0811. The van der Waals surface area contributed by atoms with Gasteiger partial charge in [-0.3, -0.25) is 4.79 Å². The molecule has 0 saturated heterocycles. The van der Waals surface area contributed by atoms with E-state index in [0.29, 0.717) is 12.2 Å². The molecule has 0 aliphatic heterocycles. The van der Waals surface area contributed by atoms with Gasteiger partial charge in [-0.1, -0.05) is 24.3 Å². The van der Waals surface area contributed by atoms with Crippen molar-refractivity contribution >= 4 is 11.6 Å². The molecule has 0 spiro atoms. The fourth-order valence-electron chi connectivity index (χ4n) is 1.75. The third kappa shape index (κ3) is 4.03. The lowest BCUT2D eigenvalue weighted by molar-refractivity contribution is -0.120. The maximum Gasteiger partial charge on any atom is 0.224 e. The van der Waals surface area contributed by atoms with Gasteiger partial charge in [-0.2, -0.15) is 0 Å². The lowest BCUT2D eigenvalue weighted by atomic mass is 10.1. The van der Waals surface area contributed by atoms with Crippen LogP contribution in [-0.2, 0) is 17.8 Å². The van der Waals surface area contributed by atoms with Crippen molar-refractivity contribution in [2.75, 3.05) is 5.73 Å². The third-order valence-electron chi connectivity index (χ3n) is 2.74. The van der Waals surface area contributed by atoms with Crippen LogP contribution in [0.2, 0.25) is 0 Å². The Morgan fingerprint density at radius 2 is 1.84 bits per heavy atom. The van der Waals surface area contributed by atoms with Crippen LogP contribution in [0, 0.1) is 0 Å². The van der Waals surface area contributed by atoms with Gasteiger partial charge in [0.25, 0.3) is 0 Å². The van der Waals surface area contributed by atoms with Crippen molar-refractivity contribution in [1.82, 2.24) is 5.32 Å². The Bertz CT molecular complexity index is 565. The predicted molar refractivity (Wildman–Crippen MR) is 74.5 cm³/mol. The van der Waals surface area contributed by atoms with Crippen LogP contribution in [0.3, 0.4) is 0 Å². The van der Waals surface area contributed by atoms with E-state index in [0.717, 1.165) is 11.1 Å². The van der Waals surface area contributed by atoms with Crippen LogP contribution in [0.4, 0.5) is 5.69 Å². The third-order valence-corrected chi connectivity index (χ3v) is 2.74. The van der Waals surface area contributed by atoms with Gasteiger partial charge in [0.1, 0.15) is 5.75 Å². The average molecular weight is 256 g/mol. The van der Waals surface area contributed by atoms with E-state index in [-0.39, 0.29) is 18.1 Å². The molecule has 4 N–H and O–H groups in total. The number of nitrogen functional groups attached to an aromatic ring is 1. The highest BCUT2D eigenvalue weighted by atomic mass is 16.3. The molecule has 0 heterocycles. The lowest BCUT2D eigenvalue weighted by Gasteiger charge is -2.06. The highest BCUT2D eigenvalue weighted by Crippen LogP contribution is 2.11. The second-order valence-corrected chi connectivity index (χ2v) is 4.36. The summed E-state index contributed by atoms with van der Waals surface area (Å²) in [4.78, 5) is 11.7. The summed E-state index contributed by atoms with van der Waals surface area (Å²) in [7, 11) is 0. The monoisotopic (exact) mass is 256 g/mol. The van der Waals surface area contributed by atoms with Crippen molar-refractivity contribution in [2.24, 2.45) is 0 Å². The number of phenols is 1. The maximum atomic E-state index is 11.7. The van der Waals surface area contributed by atoms with E-state index >= 15 is 0 Å². The number of hydrogen-bond donors (Lipinski definition) is 3. The first kappa shape index (κ1) is 13.0. The minimum Gasteiger partial charge on any atom is -0.508 e. The molecule has 0 aliphatic carbocycles. The van der Waals surface area contributed by atoms with Crippen molar-refractivity contribution in [3.8, 4) is 5.75 Å². The van der Waals surface area contributed by atoms with E-state index < -0.39 is 0 Å². The zero-order valence-corrected chi connectivity index (χ0v) is 10.5. The first-order chi connectivity index (χ1) is 9.13. The number of benzene rings is 2.